The largest absolute Gasteiger partial charge is 0.261 e. The van der Waals surface area contributed by atoms with Crippen LogP contribution in [0.25, 0.3) is 0 Å². The molecule has 17 heavy (non-hydrogen) atoms. The summed E-state index contributed by atoms with van der Waals surface area (Å²) in [7, 11) is 0. The zero-order chi connectivity index (χ0) is 12.3. The molecule has 0 fully saturated rings. The third-order valence-corrected chi connectivity index (χ3v) is 4.33. The van der Waals surface area contributed by atoms with Gasteiger partial charge in [-0.1, -0.05) is 26.8 Å². The summed E-state index contributed by atoms with van der Waals surface area (Å²) in [4.78, 5) is 7.28. The van der Waals surface area contributed by atoms with E-state index >= 15 is 0 Å². The molecule has 0 atom stereocenters. The molecule has 0 spiro atoms. The van der Waals surface area contributed by atoms with E-state index in [0.717, 1.165) is 12.8 Å². The van der Waals surface area contributed by atoms with Crippen LogP contribution in [0.15, 0.2) is 36.5 Å². The van der Waals surface area contributed by atoms with Crippen LogP contribution in [0.2, 0.25) is 0 Å². The van der Waals surface area contributed by atoms with Crippen LogP contribution in [-0.4, -0.2) is 4.98 Å². The van der Waals surface area contributed by atoms with Crippen LogP contribution in [0, 0.1) is 0 Å². The maximum absolute atomic E-state index is 4.35. The number of nitrogens with zero attached hydrogens (tertiary/aromatic N) is 1. The first-order valence-corrected chi connectivity index (χ1v) is 6.86. The molecule has 0 aliphatic rings. The summed E-state index contributed by atoms with van der Waals surface area (Å²) >= 11 is 1.93. The van der Waals surface area contributed by atoms with Crippen molar-refractivity contribution in [2.45, 2.75) is 39.0 Å². The van der Waals surface area contributed by atoms with Crippen molar-refractivity contribution >= 4 is 11.3 Å². The molecule has 0 saturated heterocycles. The molecule has 0 aromatic carbocycles. The third kappa shape index (κ3) is 3.40. The molecule has 0 saturated carbocycles. The Morgan fingerprint density at radius 3 is 2.47 bits per heavy atom. The third-order valence-electron chi connectivity index (χ3n) is 2.75. The normalized spacial score (nSPS) is 11.7. The lowest BCUT2D eigenvalue weighted by Gasteiger charge is -2.15. The van der Waals surface area contributed by atoms with Crippen molar-refractivity contribution in [3.8, 4) is 0 Å². The summed E-state index contributed by atoms with van der Waals surface area (Å²) in [5.41, 5.74) is 1.45. The highest BCUT2D eigenvalue weighted by Gasteiger charge is 2.15. The zero-order valence-corrected chi connectivity index (χ0v) is 11.6. The van der Waals surface area contributed by atoms with E-state index in [2.05, 4.69) is 50.0 Å². The first kappa shape index (κ1) is 12.3. The van der Waals surface area contributed by atoms with Crippen molar-refractivity contribution in [3.63, 3.8) is 0 Å². The Balaban J connectivity index is 1.99. The van der Waals surface area contributed by atoms with Gasteiger partial charge in [-0.3, -0.25) is 4.98 Å². The van der Waals surface area contributed by atoms with Gasteiger partial charge in [-0.15, -0.1) is 11.3 Å². The minimum atomic E-state index is 0.272. The number of hydrogen-bond acceptors (Lipinski definition) is 2. The smallest absolute Gasteiger partial charge is 0.0407 e. The van der Waals surface area contributed by atoms with Crippen molar-refractivity contribution in [3.05, 3.63) is 52.0 Å². The second kappa shape index (κ2) is 5.01. The van der Waals surface area contributed by atoms with E-state index in [0.29, 0.717) is 0 Å². The average Bonchev–Trinajstić information content (AvgIpc) is 2.76. The Morgan fingerprint density at radius 2 is 1.88 bits per heavy atom. The predicted octanol–water partition coefficient (Wildman–Crippen LogP) is 4.23. The van der Waals surface area contributed by atoms with Crippen molar-refractivity contribution < 1.29 is 0 Å². The lowest BCUT2D eigenvalue weighted by Crippen LogP contribution is -2.07. The maximum atomic E-state index is 4.35. The lowest BCUT2D eigenvalue weighted by atomic mass is 9.95. The van der Waals surface area contributed by atoms with Crippen LogP contribution in [0.5, 0.6) is 0 Å². The molecule has 0 N–H and O–H groups in total. The predicted molar refractivity (Wildman–Crippen MR) is 74.7 cm³/mol. The van der Waals surface area contributed by atoms with Crippen LogP contribution in [-0.2, 0) is 18.3 Å². The minimum Gasteiger partial charge on any atom is -0.261 e. The molecule has 0 amide bonds. The second-order valence-corrected chi connectivity index (χ2v) is 6.51. The lowest BCUT2D eigenvalue weighted by molar-refractivity contribution is 0.604. The van der Waals surface area contributed by atoms with Gasteiger partial charge in [-0.25, -0.2) is 0 Å². The molecule has 0 unspecified atom stereocenters. The minimum absolute atomic E-state index is 0.272. The number of aryl methyl sites for hydroxylation is 2. The molecule has 2 aromatic rings. The fourth-order valence-corrected chi connectivity index (χ4v) is 2.78. The molecule has 2 heterocycles. The van der Waals surface area contributed by atoms with E-state index in [1.54, 1.807) is 0 Å². The van der Waals surface area contributed by atoms with Crippen molar-refractivity contribution in [2.75, 3.05) is 0 Å². The van der Waals surface area contributed by atoms with E-state index in [-0.39, 0.29) is 5.41 Å². The molecule has 2 heteroatoms. The molecule has 2 rings (SSSR count). The van der Waals surface area contributed by atoms with Crippen LogP contribution in [0.3, 0.4) is 0 Å². The van der Waals surface area contributed by atoms with Crippen LogP contribution >= 0.6 is 11.3 Å². The van der Waals surface area contributed by atoms with E-state index in [9.17, 15) is 0 Å². The summed E-state index contributed by atoms with van der Waals surface area (Å²) in [5, 5.41) is 0. The molecule has 0 radical (unpaired) electrons. The number of rotatable bonds is 3. The number of thiophene rings is 1. The molecule has 0 aliphatic carbocycles. The standard InChI is InChI=1S/C15H19NS/c1-15(2,3)14-10-9-13(17-14)8-7-12-6-4-5-11-16-12/h4-6,9-11H,7-8H2,1-3H3. The van der Waals surface area contributed by atoms with Crippen molar-refractivity contribution in [1.29, 1.82) is 0 Å². The Labute approximate surface area is 108 Å². The molecule has 0 bridgehead atoms. The summed E-state index contributed by atoms with van der Waals surface area (Å²) in [6.45, 7) is 6.80. The molecular weight excluding hydrogens is 226 g/mol. The fraction of sp³-hybridized carbons (Fsp3) is 0.400. The molecule has 0 aliphatic heterocycles. The first-order valence-electron chi connectivity index (χ1n) is 6.05. The Bertz CT molecular complexity index is 465. The first-order chi connectivity index (χ1) is 8.05. The Kier molecular flexibility index (Phi) is 3.63. The summed E-state index contributed by atoms with van der Waals surface area (Å²) in [6.07, 6.45) is 3.99. The van der Waals surface area contributed by atoms with E-state index in [1.807, 2.05) is 23.6 Å². The maximum Gasteiger partial charge on any atom is 0.0407 e. The quantitative estimate of drug-likeness (QED) is 0.788. The molecule has 2 aromatic heterocycles. The van der Waals surface area contributed by atoms with Gasteiger partial charge in [-0.05, 0) is 42.5 Å². The SMILES string of the molecule is CC(C)(C)c1ccc(CCc2ccccn2)s1. The molecule has 1 nitrogen and oxygen atoms in total. The zero-order valence-electron chi connectivity index (χ0n) is 10.7. The van der Waals surface area contributed by atoms with Crippen LogP contribution in [0.4, 0.5) is 0 Å². The van der Waals surface area contributed by atoms with Crippen molar-refractivity contribution in [2.24, 2.45) is 0 Å². The fourth-order valence-electron chi connectivity index (χ4n) is 1.71. The monoisotopic (exact) mass is 245 g/mol. The number of pyridine rings is 1. The highest BCUT2D eigenvalue weighted by atomic mass is 32.1. The summed E-state index contributed by atoms with van der Waals surface area (Å²) in [5.74, 6) is 0. The molecular formula is C15H19NS. The highest BCUT2D eigenvalue weighted by Crippen LogP contribution is 2.29. The van der Waals surface area contributed by atoms with Gasteiger partial charge in [0.2, 0.25) is 0 Å². The number of aromatic nitrogens is 1. The highest BCUT2D eigenvalue weighted by molar-refractivity contribution is 7.12. The average molecular weight is 245 g/mol. The molecule has 90 valence electrons. The van der Waals surface area contributed by atoms with Gasteiger partial charge >= 0.3 is 0 Å². The second-order valence-electron chi connectivity index (χ2n) is 5.34. The van der Waals surface area contributed by atoms with Gasteiger partial charge in [-0.2, -0.15) is 0 Å². The van der Waals surface area contributed by atoms with Gasteiger partial charge in [0.25, 0.3) is 0 Å². The van der Waals surface area contributed by atoms with Gasteiger partial charge in [0, 0.05) is 21.6 Å². The Morgan fingerprint density at radius 1 is 1.06 bits per heavy atom. The van der Waals surface area contributed by atoms with Crippen LogP contribution < -0.4 is 0 Å². The summed E-state index contributed by atoms with van der Waals surface area (Å²) in [6, 6.07) is 10.6. The number of hydrogen-bond donors (Lipinski definition) is 0. The van der Waals surface area contributed by atoms with E-state index in [1.165, 1.54) is 15.4 Å². The van der Waals surface area contributed by atoms with Gasteiger partial charge in [0.05, 0.1) is 0 Å². The summed E-state index contributed by atoms with van der Waals surface area (Å²) < 4.78 is 0. The Hall–Kier alpha value is -1.15. The van der Waals surface area contributed by atoms with Gasteiger partial charge < -0.3 is 0 Å². The van der Waals surface area contributed by atoms with E-state index < -0.39 is 0 Å². The van der Waals surface area contributed by atoms with E-state index in [4.69, 9.17) is 0 Å². The van der Waals surface area contributed by atoms with Gasteiger partial charge in [0.15, 0.2) is 0 Å². The van der Waals surface area contributed by atoms with Gasteiger partial charge in [0.1, 0.15) is 0 Å². The van der Waals surface area contributed by atoms with Crippen molar-refractivity contribution in [1.82, 2.24) is 4.98 Å². The topological polar surface area (TPSA) is 12.9 Å². The van der Waals surface area contributed by atoms with Crippen LogP contribution in [0.1, 0.15) is 36.2 Å².